The molecule has 0 spiro atoms. The summed E-state index contributed by atoms with van der Waals surface area (Å²) in [6, 6.07) is 2.28. The van der Waals surface area contributed by atoms with Crippen LogP contribution in [0.25, 0.3) is 0 Å². The van der Waals surface area contributed by atoms with E-state index in [1.165, 1.54) is 0 Å². The van der Waals surface area contributed by atoms with E-state index in [2.05, 4.69) is 38.5 Å². The second kappa shape index (κ2) is 3.18. The second-order valence-corrected chi connectivity index (χ2v) is 4.44. The molecule has 1 aliphatic rings. The quantitative estimate of drug-likeness (QED) is 0.719. The molecule has 0 atom stereocenters. The first-order valence-corrected chi connectivity index (χ1v) is 5.01. The lowest BCUT2D eigenvalue weighted by Crippen LogP contribution is -2.36. The van der Waals surface area contributed by atoms with Crippen molar-refractivity contribution in [3.63, 3.8) is 0 Å². The maximum Gasteiger partial charge on any atom is 0.149 e. The van der Waals surface area contributed by atoms with Crippen LogP contribution in [0.1, 0.15) is 18.7 Å². The Labute approximate surface area is 90.6 Å². The molecular formula is C10H8BrN3. The van der Waals surface area contributed by atoms with Crippen LogP contribution in [0.5, 0.6) is 0 Å². The van der Waals surface area contributed by atoms with Gasteiger partial charge in [-0.05, 0) is 28.8 Å². The van der Waals surface area contributed by atoms with Gasteiger partial charge in [0, 0.05) is 12.4 Å². The summed E-state index contributed by atoms with van der Waals surface area (Å²) in [5.41, 5.74) is 0.579. The average molecular weight is 250 g/mol. The minimum absolute atomic E-state index is 0.516. The van der Waals surface area contributed by atoms with Gasteiger partial charge in [0.15, 0.2) is 0 Å². The SMILES string of the molecule is C=C1CC(C#N)(c2ncc(Br)cn2)C1. The van der Waals surface area contributed by atoms with Crippen LogP contribution in [0.4, 0.5) is 0 Å². The number of halogens is 1. The van der Waals surface area contributed by atoms with Crippen LogP contribution in [-0.2, 0) is 5.41 Å². The van der Waals surface area contributed by atoms with E-state index in [4.69, 9.17) is 5.26 Å². The van der Waals surface area contributed by atoms with Crippen molar-refractivity contribution in [2.75, 3.05) is 0 Å². The van der Waals surface area contributed by atoms with Gasteiger partial charge in [-0.2, -0.15) is 5.26 Å². The van der Waals surface area contributed by atoms with E-state index in [9.17, 15) is 0 Å². The Morgan fingerprint density at radius 1 is 1.43 bits per heavy atom. The van der Waals surface area contributed by atoms with Crippen molar-refractivity contribution >= 4 is 15.9 Å². The lowest BCUT2D eigenvalue weighted by Gasteiger charge is -2.35. The van der Waals surface area contributed by atoms with E-state index in [0.29, 0.717) is 18.7 Å². The Kier molecular flexibility index (Phi) is 2.12. The van der Waals surface area contributed by atoms with Crippen molar-refractivity contribution in [1.29, 1.82) is 5.26 Å². The summed E-state index contributed by atoms with van der Waals surface area (Å²) in [7, 11) is 0. The third-order valence-corrected chi connectivity index (χ3v) is 2.78. The van der Waals surface area contributed by atoms with E-state index in [0.717, 1.165) is 10.0 Å². The Bertz CT molecular complexity index is 408. The van der Waals surface area contributed by atoms with Crippen molar-refractivity contribution in [3.05, 3.63) is 34.8 Å². The highest BCUT2D eigenvalue weighted by Crippen LogP contribution is 2.44. The molecule has 4 heteroatoms. The molecule has 14 heavy (non-hydrogen) atoms. The molecule has 3 nitrogen and oxygen atoms in total. The van der Waals surface area contributed by atoms with Crippen LogP contribution in [0, 0.1) is 11.3 Å². The van der Waals surface area contributed by atoms with Crippen molar-refractivity contribution < 1.29 is 0 Å². The summed E-state index contributed by atoms with van der Waals surface area (Å²) < 4.78 is 0.826. The number of nitriles is 1. The molecule has 70 valence electrons. The Morgan fingerprint density at radius 3 is 2.43 bits per heavy atom. The second-order valence-electron chi connectivity index (χ2n) is 3.52. The van der Waals surface area contributed by atoms with E-state index in [-0.39, 0.29) is 0 Å². The van der Waals surface area contributed by atoms with Gasteiger partial charge in [0.05, 0.1) is 10.5 Å². The van der Waals surface area contributed by atoms with E-state index in [1.807, 2.05) is 0 Å². The largest absolute Gasteiger partial charge is 0.238 e. The molecule has 0 amide bonds. The van der Waals surface area contributed by atoms with Gasteiger partial charge >= 0.3 is 0 Å². The highest BCUT2D eigenvalue weighted by molar-refractivity contribution is 9.10. The molecule has 1 aromatic heterocycles. The molecule has 1 saturated carbocycles. The molecule has 0 unspecified atom stereocenters. The van der Waals surface area contributed by atoms with Crippen molar-refractivity contribution in [2.45, 2.75) is 18.3 Å². The fourth-order valence-electron chi connectivity index (χ4n) is 1.65. The first-order chi connectivity index (χ1) is 6.66. The fraction of sp³-hybridized carbons (Fsp3) is 0.300. The predicted octanol–water partition coefficient (Wildman–Crippen LogP) is 2.35. The van der Waals surface area contributed by atoms with Crippen molar-refractivity contribution in [2.24, 2.45) is 0 Å². The maximum absolute atomic E-state index is 9.09. The highest BCUT2D eigenvalue weighted by atomic mass is 79.9. The first kappa shape index (κ1) is 9.35. The molecule has 1 heterocycles. The third kappa shape index (κ3) is 1.34. The van der Waals surface area contributed by atoms with Crippen LogP contribution in [0.15, 0.2) is 29.0 Å². The zero-order chi connectivity index (χ0) is 10.2. The van der Waals surface area contributed by atoms with Crippen molar-refractivity contribution in [1.82, 2.24) is 9.97 Å². The van der Waals surface area contributed by atoms with Gasteiger partial charge in [-0.1, -0.05) is 12.2 Å². The van der Waals surface area contributed by atoms with Gasteiger partial charge in [-0.15, -0.1) is 0 Å². The van der Waals surface area contributed by atoms with Gasteiger partial charge in [-0.25, -0.2) is 9.97 Å². The number of nitrogens with zero attached hydrogens (tertiary/aromatic N) is 3. The molecule has 0 N–H and O–H groups in total. The zero-order valence-electron chi connectivity index (χ0n) is 7.50. The highest BCUT2D eigenvalue weighted by Gasteiger charge is 2.44. The Morgan fingerprint density at radius 2 is 2.00 bits per heavy atom. The van der Waals surface area contributed by atoms with Gasteiger partial charge in [0.2, 0.25) is 0 Å². The fourth-order valence-corrected chi connectivity index (χ4v) is 1.85. The minimum Gasteiger partial charge on any atom is -0.238 e. The summed E-state index contributed by atoms with van der Waals surface area (Å²) in [5, 5.41) is 9.09. The molecule has 0 bridgehead atoms. The molecule has 0 radical (unpaired) electrons. The number of aromatic nitrogens is 2. The van der Waals surface area contributed by atoms with Crippen LogP contribution >= 0.6 is 15.9 Å². The lowest BCUT2D eigenvalue weighted by atomic mass is 9.66. The van der Waals surface area contributed by atoms with Crippen LogP contribution < -0.4 is 0 Å². The number of hydrogen-bond donors (Lipinski definition) is 0. The van der Waals surface area contributed by atoms with E-state index >= 15 is 0 Å². The van der Waals surface area contributed by atoms with Crippen molar-refractivity contribution in [3.8, 4) is 6.07 Å². The molecule has 0 saturated heterocycles. The number of hydrogen-bond acceptors (Lipinski definition) is 3. The minimum atomic E-state index is -0.516. The molecular weight excluding hydrogens is 242 g/mol. The van der Waals surface area contributed by atoms with E-state index < -0.39 is 5.41 Å². The Hall–Kier alpha value is -1.21. The lowest BCUT2D eigenvalue weighted by molar-refractivity contribution is 0.408. The monoisotopic (exact) mass is 249 g/mol. The summed E-state index contributed by atoms with van der Waals surface area (Å²) in [6.07, 6.45) is 4.71. The maximum atomic E-state index is 9.09. The van der Waals surface area contributed by atoms with Crippen LogP contribution in [-0.4, -0.2) is 9.97 Å². The predicted molar refractivity (Wildman–Crippen MR) is 55.4 cm³/mol. The molecule has 0 aliphatic heterocycles. The smallest absolute Gasteiger partial charge is 0.149 e. The van der Waals surface area contributed by atoms with Gasteiger partial charge in [0.25, 0.3) is 0 Å². The molecule has 1 aromatic rings. The van der Waals surface area contributed by atoms with Gasteiger partial charge in [0.1, 0.15) is 11.2 Å². The van der Waals surface area contributed by atoms with E-state index in [1.54, 1.807) is 12.4 Å². The van der Waals surface area contributed by atoms with Crippen LogP contribution in [0.3, 0.4) is 0 Å². The molecule has 0 aromatic carbocycles. The standard InChI is InChI=1S/C10H8BrN3/c1-7-2-10(3-7,6-12)9-13-4-8(11)5-14-9/h4-5H,1-3H2. The summed E-state index contributed by atoms with van der Waals surface area (Å²) in [6.45, 7) is 3.83. The average Bonchev–Trinajstić information content (AvgIpc) is 2.14. The van der Waals surface area contributed by atoms with Gasteiger partial charge in [-0.3, -0.25) is 0 Å². The zero-order valence-corrected chi connectivity index (χ0v) is 9.08. The molecule has 1 fully saturated rings. The first-order valence-electron chi connectivity index (χ1n) is 4.22. The molecule has 2 rings (SSSR count). The Balaban J connectivity index is 2.35. The van der Waals surface area contributed by atoms with Gasteiger partial charge < -0.3 is 0 Å². The third-order valence-electron chi connectivity index (χ3n) is 2.37. The van der Waals surface area contributed by atoms with Crippen LogP contribution in [0.2, 0.25) is 0 Å². The topological polar surface area (TPSA) is 49.6 Å². The summed E-state index contributed by atoms with van der Waals surface area (Å²) >= 11 is 3.26. The summed E-state index contributed by atoms with van der Waals surface area (Å²) in [4.78, 5) is 8.31. The summed E-state index contributed by atoms with van der Waals surface area (Å²) in [5.74, 6) is 0.607. The molecule has 1 aliphatic carbocycles. The normalized spacial score (nSPS) is 18.4. The number of allylic oxidation sites excluding steroid dienone is 1. The number of rotatable bonds is 1.